The van der Waals surface area contributed by atoms with Gasteiger partial charge in [-0.15, -0.1) is 0 Å². The smallest absolute Gasteiger partial charge is 0.225 e. The number of halogens is 1. The molecule has 0 aliphatic rings. The Morgan fingerprint density at radius 3 is 2.61 bits per heavy atom. The monoisotopic (exact) mass is 443 g/mol. The average molecular weight is 444 g/mol. The van der Waals surface area contributed by atoms with Gasteiger partial charge in [0, 0.05) is 17.0 Å². The van der Waals surface area contributed by atoms with Crippen molar-refractivity contribution in [1.82, 2.24) is 9.78 Å². The Morgan fingerprint density at radius 2 is 1.86 bits per heavy atom. The number of nitrogens with zero attached hydrogens (tertiary/aromatic N) is 2. The van der Waals surface area contributed by atoms with Gasteiger partial charge in [0.05, 0.1) is 26.5 Å². The van der Waals surface area contributed by atoms with E-state index in [0.29, 0.717) is 31.8 Å². The highest BCUT2D eigenvalue weighted by atomic mass is 79.9. The van der Waals surface area contributed by atoms with Gasteiger partial charge in [-0.25, -0.2) is 4.68 Å². The molecule has 1 amide bonds. The van der Waals surface area contributed by atoms with Gasteiger partial charge in [0.1, 0.15) is 17.3 Å². The van der Waals surface area contributed by atoms with Crippen LogP contribution in [-0.2, 0) is 11.3 Å². The molecule has 0 atom stereocenters. The fraction of sp³-hybridized carbons (Fsp3) is 0.238. The molecule has 0 spiro atoms. The lowest BCUT2D eigenvalue weighted by Crippen LogP contribution is -2.16. The lowest BCUT2D eigenvalue weighted by molar-refractivity contribution is -0.116. The van der Waals surface area contributed by atoms with Crippen molar-refractivity contribution in [2.75, 3.05) is 19.0 Å². The van der Waals surface area contributed by atoms with Gasteiger partial charge in [0.25, 0.3) is 0 Å². The predicted octanol–water partition coefficient (Wildman–Crippen LogP) is 4.50. The van der Waals surface area contributed by atoms with Gasteiger partial charge in [-0.1, -0.05) is 34.1 Å². The summed E-state index contributed by atoms with van der Waals surface area (Å²) in [5.41, 5.74) is 1.09. The number of hydrogen-bond donors (Lipinski definition) is 1. The Labute approximate surface area is 172 Å². The van der Waals surface area contributed by atoms with Gasteiger partial charge >= 0.3 is 0 Å². The van der Waals surface area contributed by atoms with Crippen molar-refractivity contribution in [3.8, 4) is 11.5 Å². The molecule has 0 unspecified atom stereocenters. The van der Waals surface area contributed by atoms with Crippen molar-refractivity contribution < 1.29 is 14.3 Å². The molecule has 7 heteroatoms. The zero-order valence-corrected chi connectivity index (χ0v) is 17.2. The Kier molecular flexibility index (Phi) is 7.08. The molecule has 3 aromatic rings. The first-order valence-corrected chi connectivity index (χ1v) is 9.77. The molecule has 146 valence electrons. The summed E-state index contributed by atoms with van der Waals surface area (Å²) in [6, 6.07) is 17.1. The summed E-state index contributed by atoms with van der Waals surface area (Å²) in [6.07, 6.45) is 2.67. The first-order valence-electron chi connectivity index (χ1n) is 8.97. The number of aromatic nitrogens is 2. The summed E-state index contributed by atoms with van der Waals surface area (Å²) >= 11 is 3.54. The predicted molar refractivity (Wildman–Crippen MR) is 112 cm³/mol. The van der Waals surface area contributed by atoms with E-state index >= 15 is 0 Å². The summed E-state index contributed by atoms with van der Waals surface area (Å²) in [6.45, 7) is 1.04. The summed E-state index contributed by atoms with van der Waals surface area (Å²) in [5.74, 6) is 2.16. The molecule has 0 saturated heterocycles. The molecule has 6 nitrogen and oxygen atoms in total. The number of hydrogen-bond acceptors (Lipinski definition) is 4. The van der Waals surface area contributed by atoms with Crippen LogP contribution in [-0.4, -0.2) is 29.4 Å². The number of carbonyl (C=O) groups is 1. The van der Waals surface area contributed by atoms with Crippen molar-refractivity contribution >= 4 is 27.7 Å². The maximum absolute atomic E-state index is 12.2. The van der Waals surface area contributed by atoms with E-state index < -0.39 is 0 Å². The summed E-state index contributed by atoms with van der Waals surface area (Å²) < 4.78 is 13.5. The van der Waals surface area contributed by atoms with E-state index in [2.05, 4.69) is 26.3 Å². The molecule has 0 radical (unpaired) electrons. The van der Waals surface area contributed by atoms with Crippen LogP contribution in [0.1, 0.15) is 18.4 Å². The lowest BCUT2D eigenvalue weighted by atomic mass is 10.2. The van der Waals surface area contributed by atoms with Gasteiger partial charge in [-0.05, 0) is 42.3 Å². The number of nitrogens with one attached hydrogen (secondary N) is 1. The van der Waals surface area contributed by atoms with E-state index in [0.717, 1.165) is 21.5 Å². The van der Waals surface area contributed by atoms with E-state index in [1.165, 1.54) is 0 Å². The molecule has 0 bridgehead atoms. The average Bonchev–Trinajstić information content (AvgIpc) is 3.14. The molecular formula is C21H22BrN3O3. The zero-order chi connectivity index (χ0) is 19.8. The summed E-state index contributed by atoms with van der Waals surface area (Å²) in [4.78, 5) is 12.2. The van der Waals surface area contributed by atoms with Gasteiger partial charge in [0.2, 0.25) is 5.91 Å². The lowest BCUT2D eigenvalue weighted by Gasteiger charge is -2.11. The number of carbonyl (C=O) groups excluding carboxylic acids is 1. The second kappa shape index (κ2) is 9.94. The number of benzene rings is 2. The number of amides is 1. The second-order valence-corrected chi connectivity index (χ2v) is 7.00. The molecular weight excluding hydrogens is 422 g/mol. The van der Waals surface area contributed by atoms with Crippen LogP contribution < -0.4 is 14.8 Å². The number of anilines is 1. The van der Waals surface area contributed by atoms with Crippen LogP contribution in [0.4, 0.5) is 5.82 Å². The Morgan fingerprint density at radius 1 is 1.11 bits per heavy atom. The minimum atomic E-state index is -0.0628. The van der Waals surface area contributed by atoms with Crippen molar-refractivity contribution in [2.45, 2.75) is 19.4 Å². The van der Waals surface area contributed by atoms with E-state index in [-0.39, 0.29) is 5.91 Å². The Hall–Kier alpha value is -2.80. The molecule has 0 fully saturated rings. The van der Waals surface area contributed by atoms with E-state index in [1.807, 2.05) is 48.5 Å². The Balaban J connectivity index is 1.45. The third-order valence-corrected chi connectivity index (χ3v) is 4.91. The highest BCUT2D eigenvalue weighted by Gasteiger charge is 2.09. The number of rotatable bonds is 9. The van der Waals surface area contributed by atoms with Crippen LogP contribution in [0.15, 0.2) is 65.3 Å². The highest BCUT2D eigenvalue weighted by molar-refractivity contribution is 9.10. The molecule has 28 heavy (non-hydrogen) atoms. The standard InChI is InChI=1S/C21H22BrN3O3/c1-27-17-8-10-18(11-9-17)28-14-4-7-21(26)24-20-12-13-23-25(20)15-16-5-2-3-6-19(16)22/h2-3,5-6,8-13H,4,7,14-15H2,1H3,(H,24,26). The van der Waals surface area contributed by atoms with Gasteiger partial charge in [-0.2, -0.15) is 5.10 Å². The minimum Gasteiger partial charge on any atom is -0.497 e. The molecule has 1 heterocycles. The van der Waals surface area contributed by atoms with E-state index in [1.54, 1.807) is 24.1 Å². The largest absolute Gasteiger partial charge is 0.497 e. The topological polar surface area (TPSA) is 65.4 Å². The van der Waals surface area contributed by atoms with Crippen molar-refractivity contribution in [3.05, 3.63) is 70.8 Å². The van der Waals surface area contributed by atoms with Crippen LogP contribution in [0.3, 0.4) is 0 Å². The molecule has 1 N–H and O–H groups in total. The zero-order valence-electron chi connectivity index (χ0n) is 15.6. The molecule has 1 aromatic heterocycles. The molecule has 2 aromatic carbocycles. The number of ether oxygens (including phenoxy) is 2. The fourth-order valence-electron chi connectivity index (χ4n) is 2.65. The fourth-order valence-corrected chi connectivity index (χ4v) is 3.06. The molecule has 3 rings (SSSR count). The summed E-state index contributed by atoms with van der Waals surface area (Å²) in [7, 11) is 1.62. The maximum atomic E-state index is 12.2. The molecule has 0 saturated carbocycles. The normalized spacial score (nSPS) is 10.5. The second-order valence-electron chi connectivity index (χ2n) is 6.14. The van der Waals surface area contributed by atoms with E-state index in [9.17, 15) is 4.79 Å². The highest BCUT2D eigenvalue weighted by Crippen LogP contribution is 2.19. The van der Waals surface area contributed by atoms with Crippen LogP contribution >= 0.6 is 15.9 Å². The van der Waals surface area contributed by atoms with Crippen molar-refractivity contribution in [1.29, 1.82) is 0 Å². The molecule has 0 aliphatic heterocycles. The third kappa shape index (κ3) is 5.60. The molecule has 0 aliphatic carbocycles. The number of methoxy groups -OCH3 is 1. The van der Waals surface area contributed by atoms with Crippen LogP contribution in [0.2, 0.25) is 0 Å². The first kappa shape index (κ1) is 19.9. The van der Waals surface area contributed by atoms with Crippen molar-refractivity contribution in [3.63, 3.8) is 0 Å². The van der Waals surface area contributed by atoms with Gasteiger partial charge in [0.15, 0.2) is 0 Å². The Bertz CT molecular complexity index is 909. The maximum Gasteiger partial charge on any atom is 0.225 e. The third-order valence-electron chi connectivity index (χ3n) is 4.14. The van der Waals surface area contributed by atoms with Gasteiger partial charge < -0.3 is 14.8 Å². The van der Waals surface area contributed by atoms with Crippen LogP contribution in [0, 0.1) is 0 Å². The SMILES string of the molecule is COc1ccc(OCCCC(=O)Nc2ccnn2Cc2ccccc2Br)cc1. The van der Waals surface area contributed by atoms with E-state index in [4.69, 9.17) is 9.47 Å². The van der Waals surface area contributed by atoms with Gasteiger partial charge in [-0.3, -0.25) is 4.79 Å². The minimum absolute atomic E-state index is 0.0628. The van der Waals surface area contributed by atoms with Crippen LogP contribution in [0.5, 0.6) is 11.5 Å². The first-order chi connectivity index (χ1) is 13.7. The quantitative estimate of drug-likeness (QED) is 0.494. The summed E-state index contributed by atoms with van der Waals surface area (Å²) in [5, 5.41) is 7.22. The van der Waals surface area contributed by atoms with Crippen LogP contribution in [0.25, 0.3) is 0 Å². The van der Waals surface area contributed by atoms with Crippen molar-refractivity contribution in [2.24, 2.45) is 0 Å².